The smallest absolute Gasteiger partial charge is 0.242 e. The van der Waals surface area contributed by atoms with Gasteiger partial charge in [-0.05, 0) is 25.7 Å². The maximum atomic E-state index is 12.5. The zero-order valence-corrected chi connectivity index (χ0v) is 16.8. The quantitative estimate of drug-likeness (QED) is 0.778. The molecule has 1 saturated carbocycles. The molecule has 0 aromatic carbocycles. The van der Waals surface area contributed by atoms with E-state index in [2.05, 4.69) is 0 Å². The lowest BCUT2D eigenvalue weighted by molar-refractivity contribution is -0.143. The van der Waals surface area contributed by atoms with Crippen molar-refractivity contribution in [3.8, 4) is 0 Å². The topological polar surface area (TPSA) is 66.6 Å². The van der Waals surface area contributed by atoms with E-state index in [0.717, 1.165) is 18.8 Å². The van der Waals surface area contributed by atoms with Crippen molar-refractivity contribution >= 4 is 24.2 Å². The average Bonchev–Trinajstić information content (AvgIpc) is 2.60. The van der Waals surface area contributed by atoms with E-state index in [1.807, 2.05) is 23.6 Å². The van der Waals surface area contributed by atoms with Crippen LogP contribution in [-0.4, -0.2) is 53.3 Å². The van der Waals surface area contributed by atoms with Crippen molar-refractivity contribution in [1.29, 1.82) is 0 Å². The summed E-state index contributed by atoms with van der Waals surface area (Å²) < 4.78 is 0. The van der Waals surface area contributed by atoms with Gasteiger partial charge in [-0.15, -0.1) is 12.4 Å². The summed E-state index contributed by atoms with van der Waals surface area (Å²) in [5.41, 5.74) is 5.38. The van der Waals surface area contributed by atoms with Gasteiger partial charge in [0.15, 0.2) is 0 Å². The molecule has 1 saturated heterocycles. The Balaban J connectivity index is 0.00000312. The van der Waals surface area contributed by atoms with Gasteiger partial charge in [-0.1, -0.05) is 45.4 Å². The summed E-state index contributed by atoms with van der Waals surface area (Å²) in [6, 6.07) is 0. The maximum Gasteiger partial charge on any atom is 0.242 e. The van der Waals surface area contributed by atoms with Crippen LogP contribution in [0.5, 0.6) is 0 Å². The molecule has 146 valence electrons. The van der Waals surface area contributed by atoms with Crippen molar-refractivity contribution in [2.75, 3.05) is 26.2 Å². The van der Waals surface area contributed by atoms with E-state index in [1.165, 1.54) is 32.1 Å². The molecule has 1 aliphatic carbocycles. The number of amides is 2. The van der Waals surface area contributed by atoms with Gasteiger partial charge in [0.1, 0.15) is 0 Å². The monoisotopic (exact) mass is 373 g/mol. The van der Waals surface area contributed by atoms with Crippen molar-refractivity contribution in [2.45, 2.75) is 77.2 Å². The molecule has 0 radical (unpaired) electrons. The molecule has 0 spiro atoms. The summed E-state index contributed by atoms with van der Waals surface area (Å²) in [7, 11) is 0. The second-order valence-corrected chi connectivity index (χ2v) is 7.88. The van der Waals surface area contributed by atoms with Crippen molar-refractivity contribution in [3.05, 3.63) is 0 Å². The Hall–Kier alpha value is -0.810. The number of halogens is 1. The Bertz CT molecular complexity index is 428. The van der Waals surface area contributed by atoms with Gasteiger partial charge >= 0.3 is 0 Å². The highest BCUT2D eigenvalue weighted by Gasteiger charge is 2.34. The van der Waals surface area contributed by atoms with Crippen LogP contribution in [0.2, 0.25) is 0 Å². The second kappa shape index (κ2) is 10.4. The summed E-state index contributed by atoms with van der Waals surface area (Å²) in [5, 5.41) is 0. The number of carbonyl (C=O) groups is 2. The van der Waals surface area contributed by atoms with E-state index in [9.17, 15) is 9.59 Å². The third-order valence-electron chi connectivity index (χ3n) is 5.67. The Labute approximate surface area is 159 Å². The highest BCUT2D eigenvalue weighted by atomic mass is 35.5. The van der Waals surface area contributed by atoms with Crippen LogP contribution in [0.4, 0.5) is 0 Å². The molecule has 0 bridgehead atoms. The fourth-order valence-corrected chi connectivity index (χ4v) is 4.11. The van der Waals surface area contributed by atoms with E-state index in [4.69, 9.17) is 5.73 Å². The van der Waals surface area contributed by atoms with Crippen LogP contribution in [0.25, 0.3) is 0 Å². The summed E-state index contributed by atoms with van der Waals surface area (Å²) >= 11 is 0. The highest BCUT2D eigenvalue weighted by Crippen LogP contribution is 2.27. The maximum absolute atomic E-state index is 12.5. The first-order valence-electron chi connectivity index (χ1n) is 9.80. The molecule has 2 aliphatic rings. The van der Waals surface area contributed by atoms with Crippen LogP contribution in [0.15, 0.2) is 0 Å². The molecule has 2 fully saturated rings. The lowest BCUT2D eigenvalue weighted by Crippen LogP contribution is -2.58. The molecule has 5 nitrogen and oxygen atoms in total. The minimum atomic E-state index is -0.776. The summed E-state index contributed by atoms with van der Waals surface area (Å²) in [6.45, 7) is 6.39. The fourth-order valence-electron chi connectivity index (χ4n) is 4.11. The van der Waals surface area contributed by atoms with Crippen LogP contribution in [0, 0.1) is 5.92 Å². The third kappa shape index (κ3) is 6.45. The minimum absolute atomic E-state index is 0. The Morgan fingerprint density at radius 3 is 2.16 bits per heavy atom. The molecule has 2 rings (SSSR count). The average molecular weight is 374 g/mol. The Kier molecular flexibility index (Phi) is 9.22. The molecular weight excluding hydrogens is 338 g/mol. The van der Waals surface area contributed by atoms with E-state index < -0.39 is 5.54 Å². The molecule has 6 heteroatoms. The van der Waals surface area contributed by atoms with Crippen molar-refractivity contribution in [3.63, 3.8) is 0 Å². The van der Waals surface area contributed by atoms with Crippen LogP contribution < -0.4 is 5.73 Å². The molecule has 25 heavy (non-hydrogen) atoms. The van der Waals surface area contributed by atoms with Gasteiger partial charge in [0.2, 0.25) is 11.8 Å². The molecule has 1 aliphatic heterocycles. The van der Waals surface area contributed by atoms with Gasteiger partial charge in [0, 0.05) is 32.6 Å². The molecule has 0 aromatic rings. The van der Waals surface area contributed by atoms with Crippen LogP contribution in [-0.2, 0) is 9.59 Å². The van der Waals surface area contributed by atoms with E-state index in [-0.39, 0.29) is 24.2 Å². The number of hydrogen-bond donors (Lipinski definition) is 1. The van der Waals surface area contributed by atoms with E-state index in [0.29, 0.717) is 39.0 Å². The number of nitrogens with zero attached hydrogens (tertiary/aromatic N) is 2. The summed E-state index contributed by atoms with van der Waals surface area (Å²) in [6.07, 6.45) is 9.91. The second-order valence-electron chi connectivity index (χ2n) is 7.88. The molecule has 1 atom stereocenters. The number of nitrogens with two attached hydrogens (primary N) is 1. The number of hydrogen-bond acceptors (Lipinski definition) is 3. The summed E-state index contributed by atoms with van der Waals surface area (Å²) in [4.78, 5) is 28.7. The van der Waals surface area contributed by atoms with Crippen molar-refractivity contribution in [1.82, 2.24) is 9.80 Å². The zero-order chi connectivity index (χ0) is 17.6. The van der Waals surface area contributed by atoms with Crippen LogP contribution in [0.3, 0.4) is 0 Å². The number of piperazine rings is 1. The highest BCUT2D eigenvalue weighted by molar-refractivity contribution is 5.86. The summed E-state index contributed by atoms with van der Waals surface area (Å²) in [5.74, 6) is 1.04. The normalized spacial score (nSPS) is 21.4. The SMILES string of the molecule is CCCC(C)(N)C(=O)N1CCN(C(=O)CCC2CCCCC2)CC1.Cl. The Morgan fingerprint density at radius 1 is 1.04 bits per heavy atom. The van der Waals surface area contributed by atoms with Gasteiger partial charge in [-0.2, -0.15) is 0 Å². The molecule has 2 N–H and O–H groups in total. The van der Waals surface area contributed by atoms with Crippen molar-refractivity contribution < 1.29 is 9.59 Å². The predicted octanol–water partition coefficient (Wildman–Crippen LogP) is 2.96. The lowest BCUT2D eigenvalue weighted by Gasteiger charge is -2.38. The molecule has 1 unspecified atom stereocenters. The third-order valence-corrected chi connectivity index (χ3v) is 5.67. The van der Waals surface area contributed by atoms with Gasteiger partial charge < -0.3 is 15.5 Å². The van der Waals surface area contributed by atoms with Crippen LogP contribution >= 0.6 is 12.4 Å². The standard InChI is InChI=1S/C19H35N3O2.ClH/c1-3-11-19(2,20)18(24)22-14-12-21(13-15-22)17(23)10-9-16-7-5-4-6-8-16;/h16H,3-15,20H2,1-2H3;1H. The Morgan fingerprint density at radius 2 is 1.60 bits per heavy atom. The fraction of sp³-hybridized carbons (Fsp3) is 0.895. The van der Waals surface area contributed by atoms with E-state index >= 15 is 0 Å². The number of carbonyl (C=O) groups excluding carboxylic acids is 2. The zero-order valence-electron chi connectivity index (χ0n) is 16.0. The first-order chi connectivity index (χ1) is 11.4. The predicted molar refractivity (Wildman–Crippen MR) is 104 cm³/mol. The van der Waals surface area contributed by atoms with E-state index in [1.54, 1.807) is 0 Å². The first kappa shape index (κ1) is 22.2. The number of rotatable bonds is 6. The largest absolute Gasteiger partial charge is 0.339 e. The molecule has 0 aromatic heterocycles. The van der Waals surface area contributed by atoms with Gasteiger partial charge in [0.05, 0.1) is 5.54 Å². The molecular formula is C19H36ClN3O2. The van der Waals surface area contributed by atoms with Gasteiger partial charge in [-0.3, -0.25) is 9.59 Å². The van der Waals surface area contributed by atoms with Crippen molar-refractivity contribution in [2.24, 2.45) is 11.7 Å². The molecule has 1 heterocycles. The molecule has 2 amide bonds. The van der Waals surface area contributed by atoms with Gasteiger partial charge in [-0.25, -0.2) is 0 Å². The minimum Gasteiger partial charge on any atom is -0.339 e. The van der Waals surface area contributed by atoms with Crippen LogP contribution in [0.1, 0.15) is 71.6 Å². The lowest BCUT2D eigenvalue weighted by atomic mass is 9.86. The van der Waals surface area contributed by atoms with Gasteiger partial charge in [0.25, 0.3) is 0 Å². The first-order valence-corrected chi connectivity index (χ1v) is 9.80.